The van der Waals surface area contributed by atoms with Gasteiger partial charge in [-0.1, -0.05) is 17.7 Å². The number of rotatable bonds is 2. The minimum atomic E-state index is -0.424. The third-order valence-corrected chi connectivity index (χ3v) is 2.84. The van der Waals surface area contributed by atoms with E-state index >= 15 is 0 Å². The minimum Gasteiger partial charge on any atom is -0.507 e. The maximum absolute atomic E-state index is 13.2. The summed E-state index contributed by atoms with van der Waals surface area (Å²) in [6, 6.07) is 8.97. The number of hydrogen-bond donors (Lipinski definition) is 2. The quantitative estimate of drug-likeness (QED) is 0.860. The van der Waals surface area contributed by atoms with Crippen molar-refractivity contribution < 1.29 is 9.50 Å². The van der Waals surface area contributed by atoms with Gasteiger partial charge in [0.05, 0.1) is 0 Å². The first-order valence-corrected chi connectivity index (χ1v) is 5.47. The lowest BCUT2D eigenvalue weighted by atomic mass is 10.0. The number of nitrogens with two attached hydrogens (primary N) is 1. The minimum absolute atomic E-state index is 0.0116. The van der Waals surface area contributed by atoms with Gasteiger partial charge >= 0.3 is 0 Å². The van der Waals surface area contributed by atoms with Crippen LogP contribution in [0.2, 0.25) is 5.02 Å². The topological polar surface area (TPSA) is 46.2 Å². The van der Waals surface area contributed by atoms with Crippen LogP contribution >= 0.6 is 11.6 Å². The van der Waals surface area contributed by atoms with Crippen molar-refractivity contribution in [1.82, 2.24) is 0 Å². The molecule has 2 aromatic rings. The summed E-state index contributed by atoms with van der Waals surface area (Å²) in [5.74, 6) is -0.436. The van der Waals surface area contributed by atoms with Gasteiger partial charge in [-0.05, 0) is 35.9 Å². The van der Waals surface area contributed by atoms with Gasteiger partial charge in [-0.25, -0.2) is 4.39 Å². The molecule has 0 aromatic heterocycles. The predicted octanol–water partition coefficient (Wildman–Crippen LogP) is 3.31. The maximum Gasteiger partial charge on any atom is 0.124 e. The summed E-state index contributed by atoms with van der Waals surface area (Å²) in [6.07, 6.45) is 0. The molecule has 0 aliphatic carbocycles. The molecule has 0 aliphatic rings. The lowest BCUT2D eigenvalue weighted by molar-refractivity contribution is 0.475. The van der Waals surface area contributed by atoms with Crippen LogP contribution in [0.3, 0.4) is 0 Å². The van der Waals surface area contributed by atoms with Crippen LogP contribution in [0, 0.1) is 5.82 Å². The predicted molar refractivity (Wildman–Crippen MR) is 66.4 cm³/mol. The molecule has 0 bridgehead atoms. The van der Waals surface area contributed by atoms with Crippen LogP contribution in [-0.4, -0.2) is 5.11 Å². The second kappa shape index (κ2) is 4.73. The van der Waals surface area contributed by atoms with Crippen LogP contribution < -0.4 is 5.73 Å². The van der Waals surface area contributed by atoms with Gasteiger partial charge in [0.2, 0.25) is 0 Å². The molecule has 2 aromatic carbocycles. The lowest BCUT2D eigenvalue weighted by Crippen LogP contribution is -1.96. The Hall–Kier alpha value is -1.58. The van der Waals surface area contributed by atoms with Crippen molar-refractivity contribution in [1.29, 1.82) is 0 Å². The zero-order valence-electron chi connectivity index (χ0n) is 8.95. The Bertz CT molecular complexity index is 557. The van der Waals surface area contributed by atoms with Crippen LogP contribution in [0.25, 0.3) is 11.1 Å². The summed E-state index contributed by atoms with van der Waals surface area (Å²) in [4.78, 5) is 0. The van der Waals surface area contributed by atoms with Gasteiger partial charge in [-0.2, -0.15) is 0 Å². The van der Waals surface area contributed by atoms with E-state index in [9.17, 15) is 9.50 Å². The lowest BCUT2D eigenvalue weighted by Gasteiger charge is -2.09. The SMILES string of the molecule is NCc1ccc(Cl)c(-c2cc(F)ccc2O)c1. The fourth-order valence-electron chi connectivity index (χ4n) is 1.63. The first-order valence-electron chi connectivity index (χ1n) is 5.09. The molecule has 0 unspecified atom stereocenters. The molecule has 0 atom stereocenters. The van der Waals surface area contributed by atoms with Gasteiger partial charge < -0.3 is 10.8 Å². The molecule has 88 valence electrons. The summed E-state index contributed by atoms with van der Waals surface area (Å²) < 4.78 is 13.2. The second-order valence-corrected chi connectivity index (χ2v) is 4.09. The summed E-state index contributed by atoms with van der Waals surface area (Å²) in [5, 5.41) is 10.2. The van der Waals surface area contributed by atoms with Crippen molar-refractivity contribution in [3.63, 3.8) is 0 Å². The monoisotopic (exact) mass is 251 g/mol. The summed E-state index contributed by atoms with van der Waals surface area (Å²) >= 11 is 6.04. The van der Waals surface area contributed by atoms with Gasteiger partial charge in [-0.15, -0.1) is 0 Å². The van der Waals surface area contributed by atoms with Crippen LogP contribution in [0.15, 0.2) is 36.4 Å². The number of phenols is 1. The highest BCUT2D eigenvalue weighted by molar-refractivity contribution is 6.33. The van der Waals surface area contributed by atoms with Crippen LogP contribution in [-0.2, 0) is 6.54 Å². The molecule has 0 saturated heterocycles. The van der Waals surface area contributed by atoms with Gasteiger partial charge in [0.25, 0.3) is 0 Å². The van der Waals surface area contributed by atoms with E-state index in [1.807, 2.05) is 0 Å². The van der Waals surface area contributed by atoms with E-state index in [1.165, 1.54) is 18.2 Å². The van der Waals surface area contributed by atoms with Gasteiger partial charge in [0.15, 0.2) is 0 Å². The van der Waals surface area contributed by atoms with Crippen LogP contribution in [0.1, 0.15) is 5.56 Å². The standard InChI is InChI=1S/C13H11ClFNO/c14-12-3-1-8(7-16)5-10(12)11-6-9(15)2-4-13(11)17/h1-6,17H,7,16H2. The van der Waals surface area contributed by atoms with E-state index < -0.39 is 5.82 Å². The molecular weight excluding hydrogens is 241 g/mol. The van der Waals surface area contributed by atoms with Gasteiger partial charge in [0.1, 0.15) is 11.6 Å². The molecular formula is C13H11ClFNO. The second-order valence-electron chi connectivity index (χ2n) is 3.68. The van der Waals surface area contributed by atoms with E-state index in [1.54, 1.807) is 18.2 Å². The van der Waals surface area contributed by atoms with Crippen molar-refractivity contribution in [2.45, 2.75) is 6.54 Å². The van der Waals surface area contributed by atoms with Gasteiger partial charge in [0, 0.05) is 22.7 Å². The van der Waals surface area contributed by atoms with E-state index in [0.717, 1.165) is 5.56 Å². The number of aromatic hydroxyl groups is 1. The number of hydrogen-bond acceptors (Lipinski definition) is 2. The molecule has 17 heavy (non-hydrogen) atoms. The molecule has 0 radical (unpaired) electrons. The third-order valence-electron chi connectivity index (χ3n) is 2.52. The van der Waals surface area contributed by atoms with E-state index in [2.05, 4.69) is 0 Å². The number of benzene rings is 2. The van der Waals surface area contributed by atoms with Crippen molar-refractivity contribution in [2.75, 3.05) is 0 Å². The molecule has 2 nitrogen and oxygen atoms in total. The Morgan fingerprint density at radius 3 is 2.59 bits per heavy atom. The summed E-state index contributed by atoms with van der Waals surface area (Å²) in [7, 11) is 0. The highest BCUT2D eigenvalue weighted by Crippen LogP contribution is 2.35. The Labute approximate surface area is 103 Å². The van der Waals surface area contributed by atoms with Crippen LogP contribution in [0.5, 0.6) is 5.75 Å². The van der Waals surface area contributed by atoms with Gasteiger partial charge in [-0.3, -0.25) is 0 Å². The average Bonchev–Trinajstić information content (AvgIpc) is 2.33. The van der Waals surface area contributed by atoms with Crippen molar-refractivity contribution in [2.24, 2.45) is 5.73 Å². The van der Waals surface area contributed by atoms with Crippen molar-refractivity contribution >= 4 is 11.6 Å². The summed E-state index contributed by atoms with van der Waals surface area (Å²) in [5.41, 5.74) is 7.35. The Morgan fingerprint density at radius 1 is 1.12 bits per heavy atom. The fraction of sp³-hybridized carbons (Fsp3) is 0.0769. The maximum atomic E-state index is 13.2. The zero-order chi connectivity index (χ0) is 12.4. The molecule has 0 fully saturated rings. The van der Waals surface area contributed by atoms with Crippen molar-refractivity contribution in [3.8, 4) is 16.9 Å². The highest BCUT2D eigenvalue weighted by Gasteiger charge is 2.10. The largest absolute Gasteiger partial charge is 0.507 e. The number of phenolic OH excluding ortho intramolecular Hbond substituents is 1. The number of halogens is 2. The molecule has 0 saturated carbocycles. The summed E-state index contributed by atoms with van der Waals surface area (Å²) in [6.45, 7) is 0.361. The van der Waals surface area contributed by atoms with E-state index in [4.69, 9.17) is 17.3 Å². The first kappa shape index (κ1) is 11.9. The van der Waals surface area contributed by atoms with Crippen LogP contribution in [0.4, 0.5) is 4.39 Å². The smallest absolute Gasteiger partial charge is 0.124 e. The van der Waals surface area contributed by atoms with Crippen molar-refractivity contribution in [3.05, 3.63) is 52.8 Å². The molecule has 0 aliphatic heterocycles. The zero-order valence-corrected chi connectivity index (χ0v) is 9.71. The highest BCUT2D eigenvalue weighted by atomic mass is 35.5. The Kier molecular flexibility index (Phi) is 3.31. The first-order chi connectivity index (χ1) is 8.11. The molecule has 4 heteroatoms. The molecule has 0 heterocycles. The van der Waals surface area contributed by atoms with E-state index in [0.29, 0.717) is 22.7 Å². The molecule has 0 amide bonds. The Morgan fingerprint density at radius 2 is 1.88 bits per heavy atom. The molecule has 2 rings (SSSR count). The fourth-order valence-corrected chi connectivity index (χ4v) is 1.85. The Balaban J connectivity index is 2.62. The molecule has 0 spiro atoms. The normalized spacial score (nSPS) is 10.5. The molecule has 3 N–H and O–H groups in total. The van der Waals surface area contributed by atoms with E-state index in [-0.39, 0.29) is 5.75 Å². The average molecular weight is 252 g/mol. The third kappa shape index (κ3) is 2.40.